The molecule has 5 aromatic rings. The number of imidazole rings is 1. The standard InChI is InChI=1S/C32H30FN7O4/c1-39(18-19-7-10-23(43-2)11-8-19)27-15-29(38-40-28(17-35-30(27)40)31(41)37-26-14-24(26)33)36-22-6-4-5-20(13-22)25-12-9-21(16-34-25)32(42)44-3/h4-13,15-17,24,26H,14,18H2,1-3H3,(H,36,38)(H,37,41)/t24-,26+/m0/s1. The van der Waals surface area contributed by atoms with Gasteiger partial charge < -0.3 is 25.0 Å². The van der Waals surface area contributed by atoms with Crippen LogP contribution >= 0.6 is 0 Å². The highest BCUT2D eigenvalue weighted by Gasteiger charge is 2.39. The van der Waals surface area contributed by atoms with Gasteiger partial charge in [0.15, 0.2) is 17.2 Å². The zero-order valence-electron chi connectivity index (χ0n) is 24.3. The van der Waals surface area contributed by atoms with Gasteiger partial charge in [0.2, 0.25) is 0 Å². The van der Waals surface area contributed by atoms with E-state index < -0.39 is 24.1 Å². The van der Waals surface area contributed by atoms with Crippen molar-refractivity contribution in [2.75, 3.05) is 31.5 Å². The monoisotopic (exact) mass is 595 g/mol. The maximum Gasteiger partial charge on any atom is 0.339 e. The summed E-state index contributed by atoms with van der Waals surface area (Å²) in [5, 5.41) is 10.7. The van der Waals surface area contributed by atoms with Crippen LogP contribution in [0.4, 0.5) is 21.6 Å². The summed E-state index contributed by atoms with van der Waals surface area (Å²) in [6.45, 7) is 0.547. The number of carbonyl (C=O) groups excluding carboxylic acids is 2. The van der Waals surface area contributed by atoms with Crippen molar-refractivity contribution in [1.82, 2.24) is 24.9 Å². The molecule has 0 bridgehead atoms. The zero-order valence-corrected chi connectivity index (χ0v) is 24.3. The number of fused-ring (bicyclic) bond motifs is 1. The van der Waals surface area contributed by atoms with Crippen LogP contribution in [0.1, 0.15) is 32.8 Å². The zero-order chi connectivity index (χ0) is 30.8. The van der Waals surface area contributed by atoms with E-state index in [1.807, 2.05) is 66.5 Å². The van der Waals surface area contributed by atoms with Crippen molar-refractivity contribution < 1.29 is 23.5 Å². The van der Waals surface area contributed by atoms with Gasteiger partial charge in [0.25, 0.3) is 5.91 Å². The first-order valence-corrected chi connectivity index (χ1v) is 13.9. The van der Waals surface area contributed by atoms with Crippen LogP contribution in [0.2, 0.25) is 0 Å². The van der Waals surface area contributed by atoms with Gasteiger partial charge in [0, 0.05) is 43.5 Å². The van der Waals surface area contributed by atoms with Crippen LogP contribution in [-0.2, 0) is 11.3 Å². The molecule has 0 saturated heterocycles. The highest BCUT2D eigenvalue weighted by molar-refractivity contribution is 5.94. The number of halogens is 1. The molecule has 2 N–H and O–H groups in total. The second kappa shape index (κ2) is 12.0. The van der Waals surface area contributed by atoms with Crippen LogP contribution in [0, 0.1) is 0 Å². The van der Waals surface area contributed by atoms with Gasteiger partial charge in [-0.2, -0.15) is 0 Å². The second-order valence-corrected chi connectivity index (χ2v) is 10.5. The van der Waals surface area contributed by atoms with E-state index in [1.54, 1.807) is 19.2 Å². The fourth-order valence-corrected chi connectivity index (χ4v) is 4.80. The van der Waals surface area contributed by atoms with Crippen LogP contribution in [-0.4, -0.2) is 64.9 Å². The Morgan fingerprint density at radius 1 is 1.05 bits per heavy atom. The molecule has 0 radical (unpaired) electrons. The Hall–Kier alpha value is -5.52. The number of nitrogens with one attached hydrogen (secondary N) is 2. The van der Waals surface area contributed by atoms with E-state index in [2.05, 4.69) is 20.6 Å². The van der Waals surface area contributed by atoms with Gasteiger partial charge in [0.05, 0.1) is 43.4 Å². The van der Waals surface area contributed by atoms with E-state index in [-0.39, 0.29) is 5.69 Å². The van der Waals surface area contributed by atoms with E-state index in [0.717, 1.165) is 28.3 Å². The normalized spacial score (nSPS) is 15.5. The molecule has 1 aliphatic carbocycles. The van der Waals surface area contributed by atoms with Crippen LogP contribution in [0.5, 0.6) is 5.75 Å². The van der Waals surface area contributed by atoms with Crippen LogP contribution < -0.4 is 20.3 Å². The fraction of sp³-hybridized carbons (Fsp3) is 0.219. The Labute approximate surface area is 252 Å². The molecule has 0 spiro atoms. The highest BCUT2D eigenvalue weighted by atomic mass is 19.1. The molecule has 6 rings (SSSR count). The lowest BCUT2D eigenvalue weighted by molar-refractivity contribution is 0.0600. The molecule has 1 amide bonds. The predicted molar refractivity (Wildman–Crippen MR) is 163 cm³/mol. The number of ether oxygens (including phenoxy) is 2. The van der Waals surface area contributed by atoms with Crippen molar-refractivity contribution in [1.29, 1.82) is 0 Å². The molecule has 2 aromatic carbocycles. The summed E-state index contributed by atoms with van der Waals surface area (Å²) in [6, 6.07) is 20.1. The average molecular weight is 596 g/mol. The number of carbonyl (C=O) groups is 2. The van der Waals surface area contributed by atoms with Crippen molar-refractivity contribution in [2.45, 2.75) is 25.2 Å². The molecule has 224 valence electrons. The van der Waals surface area contributed by atoms with Gasteiger partial charge in [-0.1, -0.05) is 24.3 Å². The van der Waals surface area contributed by atoms with Crippen molar-refractivity contribution in [3.8, 4) is 17.0 Å². The first-order chi connectivity index (χ1) is 21.3. The number of alkyl halides is 1. The first kappa shape index (κ1) is 28.6. The molecule has 3 aromatic heterocycles. The van der Waals surface area contributed by atoms with Gasteiger partial charge >= 0.3 is 5.97 Å². The van der Waals surface area contributed by atoms with E-state index in [9.17, 15) is 14.0 Å². The van der Waals surface area contributed by atoms with Crippen molar-refractivity contribution in [2.24, 2.45) is 0 Å². The molecular weight excluding hydrogens is 565 g/mol. The minimum absolute atomic E-state index is 0.200. The predicted octanol–water partition coefficient (Wildman–Crippen LogP) is 4.81. The molecule has 12 heteroatoms. The average Bonchev–Trinajstić information content (AvgIpc) is 3.56. The van der Waals surface area contributed by atoms with Crippen LogP contribution in [0.15, 0.2) is 79.1 Å². The topological polar surface area (TPSA) is 123 Å². The Balaban J connectivity index is 1.33. The number of hydrogen-bond acceptors (Lipinski definition) is 9. The Kier molecular flexibility index (Phi) is 7.80. The van der Waals surface area contributed by atoms with Crippen LogP contribution in [0.3, 0.4) is 0 Å². The third-order valence-electron chi connectivity index (χ3n) is 7.32. The molecule has 1 aliphatic rings. The van der Waals surface area contributed by atoms with E-state index >= 15 is 0 Å². The third kappa shape index (κ3) is 6.00. The van der Waals surface area contributed by atoms with Gasteiger partial charge in [-0.3, -0.25) is 9.78 Å². The Morgan fingerprint density at radius 3 is 2.52 bits per heavy atom. The molecule has 3 heterocycles. The summed E-state index contributed by atoms with van der Waals surface area (Å²) in [5.74, 6) is 0.325. The van der Waals surface area contributed by atoms with Gasteiger partial charge in [0.1, 0.15) is 11.9 Å². The molecule has 2 atom stereocenters. The number of pyridine rings is 1. The quantitative estimate of drug-likeness (QED) is 0.219. The van der Waals surface area contributed by atoms with Crippen LogP contribution in [0.25, 0.3) is 16.9 Å². The SMILES string of the molecule is COC(=O)c1ccc(-c2cccc(Nc3cc(N(C)Cc4ccc(OC)cc4)c4ncc(C(=O)N[C@@H]5C[C@@H]5F)n4n3)c2)nc1. The minimum atomic E-state index is -1.03. The molecule has 1 fully saturated rings. The number of rotatable bonds is 10. The minimum Gasteiger partial charge on any atom is -0.497 e. The lowest BCUT2D eigenvalue weighted by Gasteiger charge is -2.21. The molecule has 0 aliphatic heterocycles. The summed E-state index contributed by atoms with van der Waals surface area (Å²) in [4.78, 5) is 35.8. The molecule has 44 heavy (non-hydrogen) atoms. The molecule has 11 nitrogen and oxygen atoms in total. The van der Waals surface area contributed by atoms with Gasteiger partial charge in [-0.25, -0.2) is 18.7 Å². The number of anilines is 3. The first-order valence-electron chi connectivity index (χ1n) is 13.9. The summed E-state index contributed by atoms with van der Waals surface area (Å²) in [5.41, 5.74) is 5.02. The second-order valence-electron chi connectivity index (χ2n) is 10.5. The molecule has 0 unspecified atom stereocenters. The van der Waals surface area contributed by atoms with E-state index in [1.165, 1.54) is 24.0 Å². The Morgan fingerprint density at radius 2 is 1.84 bits per heavy atom. The smallest absolute Gasteiger partial charge is 0.339 e. The number of hydrogen-bond donors (Lipinski definition) is 2. The Bertz CT molecular complexity index is 1830. The number of methoxy groups -OCH3 is 2. The molecular formula is C32H30FN7O4. The van der Waals surface area contributed by atoms with E-state index in [4.69, 9.17) is 14.6 Å². The summed E-state index contributed by atoms with van der Waals surface area (Å²) >= 11 is 0. The maximum absolute atomic E-state index is 13.5. The fourth-order valence-electron chi connectivity index (χ4n) is 4.80. The van der Waals surface area contributed by atoms with Gasteiger partial charge in [-0.05, 0) is 42.0 Å². The van der Waals surface area contributed by atoms with Gasteiger partial charge in [-0.15, -0.1) is 5.10 Å². The number of nitrogens with zero attached hydrogens (tertiary/aromatic N) is 5. The highest BCUT2D eigenvalue weighted by Crippen LogP contribution is 2.29. The van der Waals surface area contributed by atoms with Crippen molar-refractivity contribution in [3.63, 3.8) is 0 Å². The van der Waals surface area contributed by atoms with Crippen molar-refractivity contribution in [3.05, 3.63) is 95.9 Å². The number of amides is 1. The number of benzene rings is 2. The maximum atomic E-state index is 13.5. The summed E-state index contributed by atoms with van der Waals surface area (Å²) < 4.78 is 25.1. The third-order valence-corrected chi connectivity index (χ3v) is 7.32. The largest absolute Gasteiger partial charge is 0.497 e. The summed E-state index contributed by atoms with van der Waals surface area (Å²) in [6.07, 6.45) is 2.19. The molecule has 1 saturated carbocycles. The lowest BCUT2D eigenvalue weighted by atomic mass is 10.1. The number of esters is 1. The lowest BCUT2D eigenvalue weighted by Crippen LogP contribution is -2.28. The summed E-state index contributed by atoms with van der Waals surface area (Å²) in [7, 11) is 4.88. The number of aromatic nitrogens is 4. The van der Waals surface area contributed by atoms with Crippen molar-refractivity contribution >= 4 is 34.7 Å². The van der Waals surface area contributed by atoms with E-state index in [0.29, 0.717) is 35.7 Å².